The summed E-state index contributed by atoms with van der Waals surface area (Å²) in [5, 5.41) is 3.56. The van der Waals surface area contributed by atoms with Gasteiger partial charge in [0.2, 0.25) is 5.91 Å². The van der Waals surface area contributed by atoms with E-state index in [2.05, 4.69) is 23.2 Å². The number of nitrogens with zero attached hydrogens (tertiary/aromatic N) is 1. The average molecular weight is 390 g/mol. The van der Waals surface area contributed by atoms with Crippen LogP contribution in [0.2, 0.25) is 0 Å². The molecule has 1 aliphatic heterocycles. The van der Waals surface area contributed by atoms with Crippen LogP contribution in [0.25, 0.3) is 0 Å². The zero-order valence-corrected chi connectivity index (χ0v) is 17.1. The lowest BCUT2D eigenvalue weighted by Crippen LogP contribution is -2.62. The third-order valence-corrected chi connectivity index (χ3v) is 7.60. The van der Waals surface area contributed by atoms with Crippen molar-refractivity contribution < 1.29 is 4.79 Å². The van der Waals surface area contributed by atoms with Crippen LogP contribution in [-0.4, -0.2) is 24.0 Å². The first-order valence-electron chi connectivity index (χ1n) is 10.5. The first-order chi connectivity index (χ1) is 12.5. The maximum Gasteiger partial charge on any atom is 0.242 e. The molecule has 5 heteroatoms. The Kier molecular flexibility index (Phi) is 4.82. The van der Waals surface area contributed by atoms with E-state index in [0.717, 1.165) is 48.5 Å². The fraction of sp³-hybridized carbons (Fsp3) is 0.682. The lowest BCUT2D eigenvalue weighted by Gasteiger charge is -2.57. The number of hydrogen-bond acceptors (Lipinski definition) is 3. The summed E-state index contributed by atoms with van der Waals surface area (Å²) in [7, 11) is 0. The summed E-state index contributed by atoms with van der Waals surface area (Å²) in [5.74, 6) is 2.77. The van der Waals surface area contributed by atoms with Gasteiger partial charge in [0.05, 0.1) is 0 Å². The van der Waals surface area contributed by atoms with Gasteiger partial charge >= 0.3 is 0 Å². The van der Waals surface area contributed by atoms with Crippen molar-refractivity contribution in [1.82, 2.24) is 5.32 Å². The van der Waals surface area contributed by atoms with Gasteiger partial charge in [-0.2, -0.15) is 0 Å². The highest BCUT2D eigenvalue weighted by molar-refractivity contribution is 5.86. The molecule has 1 aromatic rings. The molecule has 5 aliphatic rings. The summed E-state index contributed by atoms with van der Waals surface area (Å²) in [6.45, 7) is 3.00. The van der Waals surface area contributed by atoms with Crippen molar-refractivity contribution >= 4 is 29.7 Å². The van der Waals surface area contributed by atoms with E-state index >= 15 is 0 Å². The lowest BCUT2D eigenvalue weighted by molar-refractivity contribution is -0.127. The number of nitrogen functional groups attached to an aromatic ring is 1. The van der Waals surface area contributed by atoms with E-state index in [-0.39, 0.29) is 29.9 Å². The van der Waals surface area contributed by atoms with Crippen molar-refractivity contribution in [2.75, 3.05) is 17.2 Å². The zero-order valence-electron chi connectivity index (χ0n) is 16.2. The minimum atomic E-state index is -0.135. The van der Waals surface area contributed by atoms with E-state index in [9.17, 15) is 4.79 Å². The van der Waals surface area contributed by atoms with E-state index in [1.165, 1.54) is 44.1 Å². The molecule has 1 amide bonds. The van der Waals surface area contributed by atoms with Crippen molar-refractivity contribution in [3.8, 4) is 0 Å². The van der Waals surface area contributed by atoms with Crippen LogP contribution in [0.15, 0.2) is 18.2 Å². The number of halogens is 1. The Morgan fingerprint density at radius 1 is 1.19 bits per heavy atom. The predicted octanol–water partition coefficient (Wildman–Crippen LogP) is 3.92. The smallest absolute Gasteiger partial charge is 0.242 e. The van der Waals surface area contributed by atoms with Crippen LogP contribution in [0.5, 0.6) is 0 Å². The van der Waals surface area contributed by atoms with Gasteiger partial charge in [0.25, 0.3) is 0 Å². The first-order valence-corrected chi connectivity index (χ1v) is 10.5. The molecule has 0 aromatic heterocycles. The van der Waals surface area contributed by atoms with Crippen LogP contribution in [0, 0.1) is 17.8 Å². The van der Waals surface area contributed by atoms with Gasteiger partial charge in [-0.15, -0.1) is 12.4 Å². The van der Waals surface area contributed by atoms with Gasteiger partial charge in [-0.25, -0.2) is 0 Å². The number of nitrogens with one attached hydrogen (secondary N) is 1. The summed E-state index contributed by atoms with van der Waals surface area (Å²) >= 11 is 0. The molecule has 1 atom stereocenters. The summed E-state index contributed by atoms with van der Waals surface area (Å²) in [5.41, 5.74) is 9.51. The third kappa shape index (κ3) is 3.20. The molecule has 148 valence electrons. The fourth-order valence-electron chi connectivity index (χ4n) is 6.85. The number of carbonyl (C=O) groups excluding carboxylic acids is 1. The quantitative estimate of drug-likeness (QED) is 0.770. The van der Waals surface area contributed by atoms with Gasteiger partial charge < -0.3 is 16.0 Å². The zero-order chi connectivity index (χ0) is 17.9. The largest absolute Gasteiger partial charge is 0.398 e. The van der Waals surface area contributed by atoms with Crippen molar-refractivity contribution in [2.45, 2.75) is 69.9 Å². The topological polar surface area (TPSA) is 58.4 Å². The summed E-state index contributed by atoms with van der Waals surface area (Å²) in [6.07, 6.45) is 9.93. The number of benzene rings is 1. The van der Waals surface area contributed by atoms with Crippen LogP contribution in [0.1, 0.15) is 57.4 Å². The highest BCUT2D eigenvalue weighted by Crippen LogP contribution is 2.55. The minimum Gasteiger partial charge on any atom is -0.398 e. The number of hydrogen-bond donors (Lipinski definition) is 2. The van der Waals surface area contributed by atoms with Crippen LogP contribution in [-0.2, 0) is 11.2 Å². The van der Waals surface area contributed by atoms with E-state index in [0.29, 0.717) is 0 Å². The third-order valence-electron chi connectivity index (χ3n) is 7.60. The van der Waals surface area contributed by atoms with Crippen LogP contribution < -0.4 is 16.0 Å². The number of rotatable bonds is 3. The summed E-state index contributed by atoms with van der Waals surface area (Å²) < 4.78 is 0. The van der Waals surface area contributed by atoms with Gasteiger partial charge in [0.15, 0.2) is 0 Å². The summed E-state index contributed by atoms with van der Waals surface area (Å²) in [4.78, 5) is 15.5. The fourth-order valence-corrected chi connectivity index (χ4v) is 6.85. The normalized spacial score (nSPS) is 34.6. The number of carbonyl (C=O) groups is 1. The molecule has 1 aromatic carbocycles. The molecule has 0 radical (unpaired) electrons. The minimum absolute atomic E-state index is 0. The Morgan fingerprint density at radius 2 is 1.81 bits per heavy atom. The lowest BCUT2D eigenvalue weighted by atomic mass is 9.53. The second-order valence-corrected chi connectivity index (χ2v) is 9.50. The Labute approximate surface area is 168 Å². The van der Waals surface area contributed by atoms with Crippen LogP contribution in [0.3, 0.4) is 0 Å². The number of anilines is 2. The van der Waals surface area contributed by atoms with Crippen molar-refractivity contribution in [1.29, 1.82) is 0 Å². The monoisotopic (exact) mass is 389 g/mol. The molecular weight excluding hydrogens is 358 g/mol. The first kappa shape index (κ1) is 18.9. The standard InChI is InChI=1S/C22H31N3O.ClH/c1-14(25-7-3-4-18-19(23)5-2-6-20(18)25)21(26)24-22-11-15-8-16(12-22)10-17(9-15)13-22;/h2,5-6,14-17H,3-4,7-13,23H2,1H3,(H,24,26);1H. The molecule has 0 saturated heterocycles. The average Bonchev–Trinajstić information content (AvgIpc) is 2.59. The summed E-state index contributed by atoms with van der Waals surface area (Å²) in [6, 6.07) is 5.97. The van der Waals surface area contributed by atoms with E-state index < -0.39 is 0 Å². The van der Waals surface area contributed by atoms with Gasteiger partial charge in [-0.1, -0.05) is 6.07 Å². The van der Waals surface area contributed by atoms with Gasteiger partial charge in [0.1, 0.15) is 6.04 Å². The SMILES string of the molecule is CC(C(=O)NC12CC3CC(CC(C3)C1)C2)N1CCCc2c(N)cccc21.Cl. The van der Waals surface area contributed by atoms with Gasteiger partial charge in [0, 0.05) is 23.5 Å². The van der Waals surface area contributed by atoms with Crippen molar-refractivity contribution in [3.05, 3.63) is 23.8 Å². The molecule has 1 heterocycles. The van der Waals surface area contributed by atoms with Gasteiger partial charge in [-0.3, -0.25) is 4.79 Å². The molecule has 27 heavy (non-hydrogen) atoms. The molecule has 4 aliphatic carbocycles. The second-order valence-electron chi connectivity index (χ2n) is 9.50. The van der Waals surface area contributed by atoms with Crippen molar-refractivity contribution in [3.63, 3.8) is 0 Å². The Balaban J connectivity index is 0.00000180. The van der Waals surface area contributed by atoms with Crippen molar-refractivity contribution in [2.24, 2.45) is 17.8 Å². The molecule has 4 nitrogen and oxygen atoms in total. The maximum atomic E-state index is 13.2. The Hall–Kier alpha value is -1.42. The van der Waals surface area contributed by atoms with E-state index in [4.69, 9.17) is 5.73 Å². The predicted molar refractivity (Wildman–Crippen MR) is 112 cm³/mol. The van der Waals surface area contributed by atoms with Crippen LogP contribution >= 0.6 is 12.4 Å². The highest BCUT2D eigenvalue weighted by Gasteiger charge is 2.51. The highest BCUT2D eigenvalue weighted by atomic mass is 35.5. The van der Waals surface area contributed by atoms with E-state index in [1.807, 2.05) is 12.1 Å². The molecule has 3 N–H and O–H groups in total. The molecule has 4 bridgehead atoms. The molecule has 0 spiro atoms. The molecule has 1 unspecified atom stereocenters. The van der Waals surface area contributed by atoms with Gasteiger partial charge in [-0.05, 0) is 93.7 Å². The maximum absolute atomic E-state index is 13.2. The molecule has 4 fully saturated rings. The second kappa shape index (κ2) is 6.88. The number of amides is 1. The number of fused-ring (bicyclic) bond motifs is 1. The Bertz CT molecular complexity index is 699. The number of nitrogens with two attached hydrogens (primary N) is 1. The van der Waals surface area contributed by atoms with Crippen LogP contribution in [0.4, 0.5) is 11.4 Å². The molecular formula is C22H32ClN3O. The Morgan fingerprint density at radius 3 is 2.44 bits per heavy atom. The van der Waals surface area contributed by atoms with E-state index in [1.54, 1.807) is 0 Å². The molecule has 4 saturated carbocycles. The molecule has 6 rings (SSSR count).